The molecular weight excluding hydrogens is 414 g/mol. The summed E-state index contributed by atoms with van der Waals surface area (Å²) in [6, 6.07) is 6.41. The van der Waals surface area contributed by atoms with E-state index in [2.05, 4.69) is 38.6 Å². The molecule has 1 N–H and O–H groups in total. The molecule has 7 heteroatoms. The van der Waals surface area contributed by atoms with Gasteiger partial charge >= 0.3 is 0 Å². The van der Waals surface area contributed by atoms with Gasteiger partial charge in [0.05, 0.1) is 4.90 Å². The molecule has 0 radical (unpaired) electrons. The van der Waals surface area contributed by atoms with Crippen LogP contribution < -0.4 is 4.72 Å². The van der Waals surface area contributed by atoms with Crippen LogP contribution in [0.4, 0.5) is 0 Å². The third kappa shape index (κ3) is 5.69. The van der Waals surface area contributed by atoms with Gasteiger partial charge in [-0.1, -0.05) is 57.1 Å². The Labute approximate surface area is 182 Å². The predicted molar refractivity (Wildman–Crippen MR) is 123 cm³/mol. The lowest BCUT2D eigenvalue weighted by molar-refractivity contribution is -0.116. The van der Waals surface area contributed by atoms with E-state index in [4.69, 9.17) is 0 Å². The van der Waals surface area contributed by atoms with Gasteiger partial charge in [0.2, 0.25) is 0 Å². The van der Waals surface area contributed by atoms with Crippen molar-refractivity contribution in [2.75, 3.05) is 0 Å². The van der Waals surface area contributed by atoms with Gasteiger partial charge in [-0.2, -0.15) is 0 Å². The zero-order valence-electron chi connectivity index (χ0n) is 19.1. The minimum atomic E-state index is -3.92. The van der Waals surface area contributed by atoms with Gasteiger partial charge in [-0.25, -0.2) is 13.1 Å². The Morgan fingerprint density at radius 3 is 2.17 bits per heavy atom. The summed E-state index contributed by atoms with van der Waals surface area (Å²) in [7, 11) is -6.00. The second-order valence-electron chi connectivity index (χ2n) is 9.84. The topological polar surface area (TPSA) is 80.3 Å². The third-order valence-electron chi connectivity index (χ3n) is 6.64. The minimum absolute atomic E-state index is 0.0205. The molecule has 5 nitrogen and oxygen atoms in total. The second-order valence-corrected chi connectivity index (χ2v) is 16.8. The zero-order valence-corrected chi connectivity index (χ0v) is 20.9. The quantitative estimate of drug-likeness (QED) is 0.590. The Hall–Kier alpha value is -1.73. The lowest BCUT2D eigenvalue weighted by Gasteiger charge is -2.35. The number of benzene rings is 1. The first kappa shape index (κ1) is 24.5. The Balaban J connectivity index is 2.17. The van der Waals surface area contributed by atoms with Crippen molar-refractivity contribution in [2.24, 2.45) is 0 Å². The van der Waals surface area contributed by atoms with E-state index in [1.807, 2.05) is 6.92 Å². The zero-order chi connectivity index (χ0) is 22.7. The number of carbonyl (C=O) groups excluding carboxylic acids is 2. The summed E-state index contributed by atoms with van der Waals surface area (Å²) in [4.78, 5) is 25.8. The number of nitrogens with one attached hydrogen (secondary N) is 1. The number of sulfonamides is 1. The first-order chi connectivity index (χ1) is 13.8. The predicted octanol–water partition coefficient (Wildman–Crippen LogP) is 5.07. The molecule has 0 heterocycles. The first-order valence-electron chi connectivity index (χ1n) is 10.6. The van der Waals surface area contributed by atoms with E-state index in [-0.39, 0.29) is 9.93 Å². The van der Waals surface area contributed by atoms with Crippen molar-refractivity contribution >= 4 is 29.4 Å². The molecule has 0 unspecified atom stereocenters. The lowest BCUT2D eigenvalue weighted by atomic mass is 9.89. The maximum atomic E-state index is 12.9. The van der Waals surface area contributed by atoms with Crippen LogP contribution in [0.5, 0.6) is 0 Å². The van der Waals surface area contributed by atoms with Crippen LogP contribution in [0.15, 0.2) is 40.3 Å². The molecule has 2 rings (SSSR count). The average molecular weight is 450 g/mol. The molecule has 0 aliphatic heterocycles. The van der Waals surface area contributed by atoms with Gasteiger partial charge in [-0.15, -0.1) is 0 Å². The molecule has 1 aromatic rings. The first-order valence-corrected chi connectivity index (χ1v) is 15.1. The van der Waals surface area contributed by atoms with Gasteiger partial charge in [-0.3, -0.25) is 4.79 Å². The third-order valence-corrected chi connectivity index (χ3v) is 13.4. The summed E-state index contributed by atoms with van der Waals surface area (Å²) < 4.78 is 27.4. The Kier molecular flexibility index (Phi) is 7.51. The van der Waals surface area contributed by atoms with E-state index in [0.29, 0.717) is 30.2 Å². The van der Waals surface area contributed by atoms with Crippen LogP contribution in [0.2, 0.25) is 18.1 Å². The molecule has 30 heavy (non-hydrogen) atoms. The van der Waals surface area contributed by atoms with E-state index in [1.54, 1.807) is 12.1 Å². The largest absolute Gasteiger partial charge is 0.305 e. The van der Waals surface area contributed by atoms with Crippen molar-refractivity contribution in [1.82, 2.24) is 4.72 Å². The Morgan fingerprint density at radius 2 is 1.60 bits per heavy atom. The number of carbonyl (C=O) groups is 2. The fourth-order valence-electron chi connectivity index (χ4n) is 3.47. The molecular formula is C23H35NO4SSi. The van der Waals surface area contributed by atoms with Gasteiger partial charge in [0.1, 0.15) is 13.5 Å². The number of aryl methyl sites for hydroxylation is 1. The van der Waals surface area contributed by atoms with E-state index in [9.17, 15) is 18.0 Å². The minimum Gasteiger partial charge on any atom is -0.305 e. The number of amides is 1. The summed E-state index contributed by atoms with van der Waals surface area (Å²) in [6.07, 6.45) is 4.08. The van der Waals surface area contributed by atoms with Gasteiger partial charge in [0.25, 0.3) is 15.9 Å². The van der Waals surface area contributed by atoms with Crippen LogP contribution >= 0.6 is 0 Å². The van der Waals surface area contributed by atoms with Gasteiger partial charge in [0.15, 0.2) is 0 Å². The molecule has 0 spiro atoms. The van der Waals surface area contributed by atoms with Crippen LogP contribution in [-0.2, 0) is 19.6 Å². The maximum Gasteiger partial charge on any atom is 0.264 e. The van der Waals surface area contributed by atoms with Crippen LogP contribution in [-0.4, -0.2) is 27.8 Å². The lowest BCUT2D eigenvalue weighted by Crippen LogP contribution is -2.46. The van der Waals surface area contributed by atoms with Crippen LogP contribution in [0.25, 0.3) is 0 Å². The van der Waals surface area contributed by atoms with Crippen molar-refractivity contribution in [3.05, 3.63) is 41.0 Å². The number of hydrogen-bond donors (Lipinski definition) is 1. The molecule has 1 aliphatic carbocycles. The highest BCUT2D eigenvalue weighted by atomic mass is 32.2. The van der Waals surface area contributed by atoms with Gasteiger partial charge in [0, 0.05) is 12.0 Å². The van der Waals surface area contributed by atoms with Crippen molar-refractivity contribution in [1.29, 1.82) is 0 Å². The van der Waals surface area contributed by atoms with Gasteiger partial charge < -0.3 is 4.79 Å². The highest BCUT2D eigenvalue weighted by Gasteiger charge is 2.41. The van der Waals surface area contributed by atoms with Crippen LogP contribution in [0.1, 0.15) is 64.9 Å². The highest BCUT2D eigenvalue weighted by Crippen LogP contribution is 2.38. The molecule has 1 aliphatic rings. The van der Waals surface area contributed by atoms with Gasteiger partial charge in [-0.05, 0) is 56.2 Å². The van der Waals surface area contributed by atoms with E-state index < -0.39 is 24.0 Å². The summed E-state index contributed by atoms with van der Waals surface area (Å²) in [6.45, 7) is 12.4. The molecule has 0 saturated heterocycles. The van der Waals surface area contributed by atoms with Crippen molar-refractivity contribution in [3.63, 3.8) is 0 Å². The molecule has 0 fully saturated rings. The van der Waals surface area contributed by atoms with Crippen LogP contribution in [0, 0.1) is 6.92 Å². The van der Waals surface area contributed by atoms with Crippen molar-refractivity contribution < 1.29 is 18.0 Å². The second kappa shape index (κ2) is 9.18. The fourth-order valence-corrected chi connectivity index (χ4v) is 6.04. The summed E-state index contributed by atoms with van der Waals surface area (Å²) in [5.74, 6) is -0.551. The SMILES string of the molecule is Cc1ccc(S(=O)(=O)NC(=O)C2=C(CCC(=O)[Si](C)(C)C(C)(C)C)CCCC2)cc1. The van der Waals surface area contributed by atoms with E-state index in [1.165, 1.54) is 12.1 Å². The molecule has 0 saturated carbocycles. The van der Waals surface area contributed by atoms with E-state index in [0.717, 1.165) is 30.4 Å². The number of allylic oxidation sites excluding steroid dienone is 1. The smallest absolute Gasteiger partial charge is 0.264 e. The molecule has 1 amide bonds. The maximum absolute atomic E-state index is 12.9. The molecule has 0 bridgehead atoms. The van der Waals surface area contributed by atoms with Crippen molar-refractivity contribution in [2.45, 2.75) is 89.2 Å². The summed E-state index contributed by atoms with van der Waals surface area (Å²) in [5, 5.41) is 0.285. The summed E-state index contributed by atoms with van der Waals surface area (Å²) >= 11 is 0. The standard InChI is InChI=1S/C23H35NO4SSi/c1-17-11-14-19(15-12-17)29(27,28)24-22(26)20-10-8-7-9-18(20)13-16-21(25)30(5,6)23(2,3)4/h11-12,14-15H,7-10,13,16H2,1-6H3,(H,24,26). The molecule has 0 atom stereocenters. The summed E-state index contributed by atoms with van der Waals surface area (Å²) in [5.41, 5.74) is 2.42. The monoisotopic (exact) mass is 449 g/mol. The average Bonchev–Trinajstić information content (AvgIpc) is 2.65. The van der Waals surface area contributed by atoms with E-state index >= 15 is 0 Å². The van der Waals surface area contributed by atoms with Crippen LogP contribution in [0.3, 0.4) is 0 Å². The fraction of sp³-hybridized carbons (Fsp3) is 0.565. The number of hydrogen-bond acceptors (Lipinski definition) is 4. The Bertz CT molecular complexity index is 938. The van der Waals surface area contributed by atoms with Crippen molar-refractivity contribution in [3.8, 4) is 0 Å². The normalized spacial score (nSPS) is 15.8. The molecule has 166 valence electrons. The molecule has 1 aromatic carbocycles. The highest BCUT2D eigenvalue weighted by molar-refractivity contribution is 7.90. The molecule has 0 aromatic heterocycles. The Morgan fingerprint density at radius 1 is 1.03 bits per heavy atom. The number of rotatable bonds is 7.